The van der Waals surface area contributed by atoms with Crippen molar-refractivity contribution in [1.82, 2.24) is 5.32 Å². The Bertz CT molecular complexity index is 444. The Balaban J connectivity index is 2.29. The van der Waals surface area contributed by atoms with Crippen molar-refractivity contribution in [3.05, 3.63) is 35.4 Å². The van der Waals surface area contributed by atoms with E-state index in [1.54, 1.807) is 0 Å². The van der Waals surface area contributed by atoms with Crippen molar-refractivity contribution in [1.29, 1.82) is 0 Å². The molecule has 106 valence electrons. The van der Waals surface area contributed by atoms with Crippen LogP contribution in [0.25, 0.3) is 0 Å². The van der Waals surface area contributed by atoms with E-state index in [-0.39, 0.29) is 11.0 Å². The van der Waals surface area contributed by atoms with Gasteiger partial charge in [0.15, 0.2) is 0 Å². The summed E-state index contributed by atoms with van der Waals surface area (Å²) in [4.78, 5) is 0. The summed E-state index contributed by atoms with van der Waals surface area (Å²) in [6, 6.07) is 3.92. The van der Waals surface area contributed by atoms with E-state index < -0.39 is 11.6 Å². The number of halogens is 2. The van der Waals surface area contributed by atoms with Crippen LogP contribution in [-0.2, 0) is 5.41 Å². The number of hydrogen-bond donors (Lipinski definition) is 1. The molecule has 1 aromatic rings. The van der Waals surface area contributed by atoms with Gasteiger partial charge in [0.05, 0.1) is 0 Å². The van der Waals surface area contributed by atoms with Crippen LogP contribution in [0.1, 0.15) is 46.1 Å². The van der Waals surface area contributed by atoms with Gasteiger partial charge < -0.3 is 5.32 Å². The van der Waals surface area contributed by atoms with Crippen molar-refractivity contribution < 1.29 is 8.78 Å². The molecule has 1 aromatic carbocycles. The molecule has 1 saturated carbocycles. The zero-order valence-corrected chi connectivity index (χ0v) is 12.2. The van der Waals surface area contributed by atoms with Gasteiger partial charge in [-0.1, -0.05) is 6.92 Å². The van der Waals surface area contributed by atoms with Crippen molar-refractivity contribution in [2.75, 3.05) is 6.54 Å². The molecule has 2 atom stereocenters. The second kappa shape index (κ2) is 4.86. The van der Waals surface area contributed by atoms with Gasteiger partial charge in [-0.25, -0.2) is 8.78 Å². The van der Waals surface area contributed by atoms with Gasteiger partial charge in [-0.2, -0.15) is 0 Å². The van der Waals surface area contributed by atoms with Gasteiger partial charge in [-0.05, 0) is 57.2 Å². The topological polar surface area (TPSA) is 12.0 Å². The molecule has 19 heavy (non-hydrogen) atoms. The lowest BCUT2D eigenvalue weighted by atomic mass is 9.57. The molecule has 3 heteroatoms. The molecular formula is C16H23F2N. The molecule has 0 radical (unpaired) electrons. The molecule has 1 fully saturated rings. The van der Waals surface area contributed by atoms with Crippen LogP contribution in [0.3, 0.4) is 0 Å². The monoisotopic (exact) mass is 267 g/mol. The highest BCUT2D eigenvalue weighted by Crippen LogP contribution is 2.48. The van der Waals surface area contributed by atoms with Gasteiger partial charge in [-0.15, -0.1) is 0 Å². The van der Waals surface area contributed by atoms with Crippen LogP contribution in [0, 0.1) is 17.6 Å². The van der Waals surface area contributed by atoms with Crippen LogP contribution >= 0.6 is 0 Å². The lowest BCUT2D eigenvalue weighted by Gasteiger charge is -2.50. The van der Waals surface area contributed by atoms with E-state index in [9.17, 15) is 8.78 Å². The zero-order valence-electron chi connectivity index (χ0n) is 12.2. The summed E-state index contributed by atoms with van der Waals surface area (Å²) in [7, 11) is 0. The molecule has 1 aliphatic carbocycles. The lowest BCUT2D eigenvalue weighted by molar-refractivity contribution is 0.123. The zero-order chi connectivity index (χ0) is 14.3. The fourth-order valence-electron chi connectivity index (χ4n) is 2.84. The van der Waals surface area contributed by atoms with Crippen molar-refractivity contribution >= 4 is 0 Å². The highest BCUT2D eigenvalue weighted by molar-refractivity contribution is 5.31. The van der Waals surface area contributed by atoms with E-state index in [0.717, 1.165) is 31.0 Å². The maximum Gasteiger partial charge on any atom is 0.126 e. The summed E-state index contributed by atoms with van der Waals surface area (Å²) in [6.07, 6.45) is 2.10. The second-order valence-corrected chi connectivity index (χ2v) is 6.86. The van der Waals surface area contributed by atoms with Crippen LogP contribution in [0.4, 0.5) is 8.78 Å². The van der Waals surface area contributed by atoms with Crippen molar-refractivity contribution in [2.45, 2.75) is 51.5 Å². The third-order valence-corrected chi connectivity index (χ3v) is 4.34. The first-order valence-electron chi connectivity index (χ1n) is 6.94. The molecule has 0 amide bonds. The maximum absolute atomic E-state index is 13.5. The van der Waals surface area contributed by atoms with Gasteiger partial charge in [0.2, 0.25) is 0 Å². The summed E-state index contributed by atoms with van der Waals surface area (Å²) in [6.45, 7) is 9.25. The molecule has 2 rings (SSSR count). The number of rotatable bonds is 3. The Morgan fingerprint density at radius 3 is 2.16 bits per heavy atom. The summed E-state index contributed by atoms with van der Waals surface area (Å²) in [5.41, 5.74) is 0.671. The summed E-state index contributed by atoms with van der Waals surface area (Å²) >= 11 is 0. The van der Waals surface area contributed by atoms with Crippen molar-refractivity contribution in [3.8, 4) is 0 Å². The van der Waals surface area contributed by atoms with E-state index in [4.69, 9.17) is 0 Å². The fourth-order valence-corrected chi connectivity index (χ4v) is 2.84. The average Bonchev–Trinajstić information content (AvgIpc) is 2.25. The lowest BCUT2D eigenvalue weighted by Crippen LogP contribution is -2.54. The first-order chi connectivity index (χ1) is 8.73. The Morgan fingerprint density at radius 1 is 1.21 bits per heavy atom. The molecular weight excluding hydrogens is 244 g/mol. The van der Waals surface area contributed by atoms with Crippen molar-refractivity contribution in [3.63, 3.8) is 0 Å². The third-order valence-electron chi connectivity index (χ3n) is 4.34. The summed E-state index contributed by atoms with van der Waals surface area (Å²) in [5.74, 6) is -0.517. The molecule has 1 nitrogen and oxygen atoms in total. The summed E-state index contributed by atoms with van der Waals surface area (Å²) < 4.78 is 26.9. The molecule has 0 aliphatic heterocycles. The molecule has 0 aromatic heterocycles. The van der Waals surface area contributed by atoms with E-state index >= 15 is 0 Å². The Labute approximate surface area is 114 Å². The normalized spacial score (nSPS) is 27.2. The number of nitrogens with one attached hydrogen (secondary N) is 1. The van der Waals surface area contributed by atoms with Crippen LogP contribution < -0.4 is 5.32 Å². The Hall–Kier alpha value is -0.960. The highest BCUT2D eigenvalue weighted by atomic mass is 19.1. The van der Waals surface area contributed by atoms with E-state index in [1.807, 2.05) is 0 Å². The Morgan fingerprint density at radius 2 is 1.79 bits per heavy atom. The molecule has 0 heterocycles. The Kier molecular flexibility index (Phi) is 3.69. The minimum atomic E-state index is -0.482. The van der Waals surface area contributed by atoms with Gasteiger partial charge in [0.1, 0.15) is 11.6 Å². The molecule has 0 bridgehead atoms. The van der Waals surface area contributed by atoms with E-state index in [0.29, 0.717) is 5.92 Å². The molecule has 1 N–H and O–H groups in total. The first-order valence-corrected chi connectivity index (χ1v) is 6.94. The third kappa shape index (κ3) is 2.97. The highest BCUT2D eigenvalue weighted by Gasteiger charge is 2.45. The SMILES string of the molecule is CC1CCC1(CNC(C)(C)C)c1cc(F)cc(F)c1. The molecule has 1 aliphatic rings. The number of hydrogen-bond acceptors (Lipinski definition) is 1. The van der Waals surface area contributed by atoms with Gasteiger partial charge in [0.25, 0.3) is 0 Å². The molecule has 2 unspecified atom stereocenters. The summed E-state index contributed by atoms with van der Waals surface area (Å²) in [5, 5.41) is 3.49. The molecule has 0 saturated heterocycles. The van der Waals surface area contributed by atoms with Crippen LogP contribution in [0.15, 0.2) is 18.2 Å². The minimum absolute atomic E-state index is 0.00811. The second-order valence-electron chi connectivity index (χ2n) is 6.86. The van der Waals surface area contributed by atoms with Crippen molar-refractivity contribution in [2.24, 2.45) is 5.92 Å². The van der Waals surface area contributed by atoms with Crippen LogP contribution in [0.5, 0.6) is 0 Å². The quantitative estimate of drug-likeness (QED) is 0.872. The van der Waals surface area contributed by atoms with E-state index in [1.165, 1.54) is 12.1 Å². The van der Waals surface area contributed by atoms with Gasteiger partial charge in [-0.3, -0.25) is 0 Å². The fraction of sp³-hybridized carbons (Fsp3) is 0.625. The largest absolute Gasteiger partial charge is 0.311 e. The maximum atomic E-state index is 13.5. The number of benzene rings is 1. The van der Waals surface area contributed by atoms with Crippen LogP contribution in [0.2, 0.25) is 0 Å². The smallest absolute Gasteiger partial charge is 0.126 e. The average molecular weight is 267 g/mol. The van der Waals surface area contributed by atoms with Crippen LogP contribution in [-0.4, -0.2) is 12.1 Å². The first kappa shape index (κ1) is 14.4. The van der Waals surface area contributed by atoms with E-state index in [2.05, 4.69) is 33.0 Å². The minimum Gasteiger partial charge on any atom is -0.311 e. The predicted octanol–water partition coefficient (Wildman–Crippen LogP) is 4.02. The molecule has 0 spiro atoms. The predicted molar refractivity (Wildman–Crippen MR) is 74.2 cm³/mol. The van der Waals surface area contributed by atoms with Gasteiger partial charge >= 0.3 is 0 Å². The van der Waals surface area contributed by atoms with Gasteiger partial charge in [0, 0.05) is 23.6 Å². The standard InChI is InChI=1S/C16H23F2N/c1-11-5-6-16(11,10-19-15(2,3)4)12-7-13(17)9-14(18)8-12/h7-9,11,19H,5-6,10H2,1-4H3.